The molecular weight excluding hydrogens is 262 g/mol. The number of rotatable bonds is 8. The van der Waals surface area contributed by atoms with E-state index >= 15 is 0 Å². The van der Waals surface area contributed by atoms with Crippen molar-refractivity contribution < 1.29 is 19.5 Å². The van der Waals surface area contributed by atoms with Crippen LogP contribution in [0.1, 0.15) is 38.5 Å². The number of carboxylic acids is 1. The van der Waals surface area contributed by atoms with Crippen molar-refractivity contribution in [3.05, 3.63) is 0 Å². The third kappa shape index (κ3) is 5.07. The maximum absolute atomic E-state index is 11.9. The van der Waals surface area contributed by atoms with Gasteiger partial charge in [0.1, 0.15) is 0 Å². The van der Waals surface area contributed by atoms with E-state index in [9.17, 15) is 14.4 Å². The highest BCUT2D eigenvalue weighted by molar-refractivity contribution is 5.79. The summed E-state index contributed by atoms with van der Waals surface area (Å²) < 4.78 is 0. The third-order valence-corrected chi connectivity index (χ3v) is 3.39. The van der Waals surface area contributed by atoms with Crippen molar-refractivity contribution in [2.45, 2.75) is 50.6 Å². The molecule has 2 rings (SSSR count). The molecule has 0 aromatic carbocycles. The Hall–Kier alpha value is -1.79. The van der Waals surface area contributed by atoms with E-state index in [2.05, 4.69) is 10.6 Å². The Balaban J connectivity index is 1.65. The van der Waals surface area contributed by atoms with E-state index < -0.39 is 5.97 Å². The molecule has 0 spiro atoms. The highest BCUT2D eigenvalue weighted by atomic mass is 16.4. The quantitative estimate of drug-likeness (QED) is 0.597. The van der Waals surface area contributed by atoms with Crippen LogP contribution in [0.15, 0.2) is 0 Å². The fraction of sp³-hybridized carbons (Fsp3) is 0.769. The van der Waals surface area contributed by atoms with Crippen molar-refractivity contribution in [2.24, 2.45) is 0 Å². The average Bonchev–Trinajstić information content (AvgIpc) is 3.22. The maximum atomic E-state index is 11.9. The van der Waals surface area contributed by atoms with Gasteiger partial charge in [-0.25, -0.2) is 4.79 Å². The highest BCUT2D eigenvalue weighted by Gasteiger charge is 2.32. The molecule has 2 fully saturated rings. The summed E-state index contributed by atoms with van der Waals surface area (Å²) >= 11 is 0. The number of hydrogen-bond donors (Lipinski definition) is 3. The van der Waals surface area contributed by atoms with Gasteiger partial charge in [0.2, 0.25) is 5.91 Å². The van der Waals surface area contributed by atoms with Crippen molar-refractivity contribution in [1.29, 1.82) is 0 Å². The van der Waals surface area contributed by atoms with Crippen LogP contribution in [-0.4, -0.2) is 53.1 Å². The van der Waals surface area contributed by atoms with Gasteiger partial charge in [-0.3, -0.25) is 9.59 Å². The highest BCUT2D eigenvalue weighted by Crippen LogP contribution is 2.26. The molecule has 0 heterocycles. The zero-order valence-corrected chi connectivity index (χ0v) is 11.4. The number of amides is 3. The predicted molar refractivity (Wildman–Crippen MR) is 71.2 cm³/mol. The number of carbonyl (C=O) groups excluding carboxylic acids is 2. The summed E-state index contributed by atoms with van der Waals surface area (Å²) in [5.41, 5.74) is 0. The van der Waals surface area contributed by atoms with Crippen molar-refractivity contribution in [1.82, 2.24) is 15.5 Å². The summed E-state index contributed by atoms with van der Waals surface area (Å²) in [7, 11) is 0. The minimum absolute atomic E-state index is 0.0451. The van der Waals surface area contributed by atoms with Crippen molar-refractivity contribution >= 4 is 17.9 Å². The van der Waals surface area contributed by atoms with Crippen molar-refractivity contribution in [3.8, 4) is 0 Å². The van der Waals surface area contributed by atoms with E-state index in [1.807, 2.05) is 0 Å². The number of nitrogens with zero attached hydrogens (tertiary/aromatic N) is 1. The predicted octanol–water partition coefficient (Wildman–Crippen LogP) is 0.304. The molecule has 3 amide bonds. The Morgan fingerprint density at radius 2 is 1.80 bits per heavy atom. The zero-order chi connectivity index (χ0) is 14.5. The second-order valence-corrected chi connectivity index (χ2v) is 5.39. The lowest BCUT2D eigenvalue weighted by atomic mass is 10.3. The Kier molecular flexibility index (Phi) is 4.81. The zero-order valence-electron chi connectivity index (χ0n) is 11.4. The topological polar surface area (TPSA) is 98.7 Å². The fourth-order valence-corrected chi connectivity index (χ4v) is 1.96. The second kappa shape index (κ2) is 6.58. The first-order valence-electron chi connectivity index (χ1n) is 7.12. The number of nitrogens with one attached hydrogen (secondary N) is 2. The molecule has 2 saturated carbocycles. The smallest absolute Gasteiger partial charge is 0.317 e. The van der Waals surface area contributed by atoms with E-state index in [-0.39, 0.29) is 43.9 Å². The maximum Gasteiger partial charge on any atom is 0.317 e. The first-order chi connectivity index (χ1) is 9.56. The lowest BCUT2D eigenvalue weighted by molar-refractivity contribution is -0.137. The summed E-state index contributed by atoms with van der Waals surface area (Å²) in [5.74, 6) is -0.955. The van der Waals surface area contributed by atoms with Crippen LogP contribution in [0.2, 0.25) is 0 Å². The molecule has 0 unspecified atom stereocenters. The summed E-state index contributed by atoms with van der Waals surface area (Å²) in [5, 5.41) is 14.2. The number of carboxylic acid groups (broad SMARTS) is 1. The molecule has 7 heteroatoms. The standard InChI is InChI=1S/C13H21N3O4/c17-11(15-9-1-2-9)5-7-14-13(20)16(10-3-4-10)8-6-12(18)19/h9-10H,1-8H2,(H,14,20)(H,15,17)(H,18,19). The van der Waals surface area contributed by atoms with Crippen LogP contribution in [0.5, 0.6) is 0 Å². The number of hydrogen-bond acceptors (Lipinski definition) is 3. The lowest BCUT2D eigenvalue weighted by Gasteiger charge is -2.22. The van der Waals surface area contributed by atoms with E-state index in [1.165, 1.54) is 0 Å². The van der Waals surface area contributed by atoms with E-state index in [0.29, 0.717) is 6.04 Å². The fourth-order valence-electron chi connectivity index (χ4n) is 1.96. The van der Waals surface area contributed by atoms with Gasteiger partial charge < -0.3 is 20.6 Å². The Bertz CT molecular complexity index is 391. The molecular formula is C13H21N3O4. The van der Waals surface area contributed by atoms with Gasteiger partial charge in [0.15, 0.2) is 0 Å². The Morgan fingerprint density at radius 1 is 1.10 bits per heavy atom. The molecule has 0 bridgehead atoms. The van der Waals surface area contributed by atoms with Crippen LogP contribution in [0.4, 0.5) is 4.79 Å². The van der Waals surface area contributed by atoms with Gasteiger partial charge in [0.05, 0.1) is 6.42 Å². The van der Waals surface area contributed by atoms with E-state index in [1.54, 1.807) is 4.90 Å². The van der Waals surface area contributed by atoms with Gasteiger partial charge >= 0.3 is 12.0 Å². The lowest BCUT2D eigenvalue weighted by Crippen LogP contribution is -2.43. The van der Waals surface area contributed by atoms with Gasteiger partial charge in [-0.05, 0) is 25.7 Å². The molecule has 3 N–H and O–H groups in total. The molecule has 20 heavy (non-hydrogen) atoms. The number of aliphatic carboxylic acids is 1. The Morgan fingerprint density at radius 3 is 2.35 bits per heavy atom. The molecule has 2 aliphatic rings. The van der Waals surface area contributed by atoms with Gasteiger partial charge in [-0.15, -0.1) is 0 Å². The van der Waals surface area contributed by atoms with Crippen LogP contribution in [-0.2, 0) is 9.59 Å². The van der Waals surface area contributed by atoms with Crippen molar-refractivity contribution in [2.75, 3.05) is 13.1 Å². The van der Waals surface area contributed by atoms with Gasteiger partial charge in [-0.2, -0.15) is 0 Å². The average molecular weight is 283 g/mol. The molecule has 7 nitrogen and oxygen atoms in total. The third-order valence-electron chi connectivity index (χ3n) is 3.39. The van der Waals surface area contributed by atoms with Crippen LogP contribution in [0.3, 0.4) is 0 Å². The number of carbonyl (C=O) groups is 3. The van der Waals surface area contributed by atoms with Gasteiger partial charge in [0.25, 0.3) is 0 Å². The Labute approximate surface area is 117 Å². The second-order valence-electron chi connectivity index (χ2n) is 5.39. The van der Waals surface area contributed by atoms with Crippen LogP contribution < -0.4 is 10.6 Å². The molecule has 0 atom stereocenters. The molecule has 0 aromatic rings. The summed E-state index contributed by atoms with van der Waals surface area (Å²) in [4.78, 5) is 35.5. The SMILES string of the molecule is O=C(O)CCN(C(=O)NCCC(=O)NC1CC1)C1CC1. The largest absolute Gasteiger partial charge is 0.481 e. The normalized spacial score (nSPS) is 17.4. The minimum Gasteiger partial charge on any atom is -0.481 e. The van der Waals surface area contributed by atoms with Crippen LogP contribution in [0.25, 0.3) is 0 Å². The molecule has 0 saturated heterocycles. The summed E-state index contributed by atoms with van der Waals surface area (Å²) in [6.07, 6.45) is 4.15. The monoisotopic (exact) mass is 283 g/mol. The first-order valence-corrected chi connectivity index (χ1v) is 7.12. The molecule has 2 aliphatic carbocycles. The van der Waals surface area contributed by atoms with Crippen LogP contribution in [0, 0.1) is 0 Å². The van der Waals surface area contributed by atoms with Gasteiger partial charge in [0, 0.05) is 31.6 Å². The minimum atomic E-state index is -0.910. The molecule has 0 aliphatic heterocycles. The molecule has 112 valence electrons. The van der Waals surface area contributed by atoms with E-state index in [4.69, 9.17) is 5.11 Å². The number of urea groups is 1. The molecule has 0 aromatic heterocycles. The van der Waals surface area contributed by atoms with Crippen molar-refractivity contribution in [3.63, 3.8) is 0 Å². The van der Waals surface area contributed by atoms with Crippen LogP contribution >= 0.6 is 0 Å². The summed E-state index contributed by atoms with van der Waals surface area (Å²) in [6.45, 7) is 0.508. The van der Waals surface area contributed by atoms with E-state index in [0.717, 1.165) is 25.7 Å². The molecule has 0 radical (unpaired) electrons. The van der Waals surface area contributed by atoms with Gasteiger partial charge in [-0.1, -0.05) is 0 Å². The first kappa shape index (κ1) is 14.6. The summed E-state index contributed by atoms with van der Waals surface area (Å²) in [6, 6.07) is 0.222.